The maximum atomic E-state index is 13.6. The summed E-state index contributed by atoms with van der Waals surface area (Å²) in [4.78, 5) is 0. The summed E-state index contributed by atoms with van der Waals surface area (Å²) in [6, 6.07) is 2.54. The van der Waals surface area contributed by atoms with Crippen molar-refractivity contribution in [3.8, 4) is 5.75 Å². The van der Waals surface area contributed by atoms with Crippen molar-refractivity contribution in [1.29, 1.82) is 0 Å². The first-order chi connectivity index (χ1) is 10.1. The topological polar surface area (TPSA) is 18.5 Å². The molecule has 1 spiro atoms. The van der Waals surface area contributed by atoms with E-state index in [9.17, 15) is 8.78 Å². The van der Waals surface area contributed by atoms with Gasteiger partial charge in [0.25, 0.3) is 0 Å². The van der Waals surface area contributed by atoms with Crippen LogP contribution in [0.5, 0.6) is 5.75 Å². The van der Waals surface area contributed by atoms with Gasteiger partial charge in [0.1, 0.15) is 6.61 Å². The summed E-state index contributed by atoms with van der Waals surface area (Å²) in [6.07, 6.45) is 7.92. The van der Waals surface area contributed by atoms with Crippen LogP contribution in [-0.4, -0.2) is 18.3 Å². The molecule has 1 saturated carbocycles. The maximum absolute atomic E-state index is 13.6. The van der Waals surface area contributed by atoms with Crippen LogP contribution in [0.4, 0.5) is 8.78 Å². The Morgan fingerprint density at radius 3 is 2.71 bits per heavy atom. The molecule has 1 aliphatic carbocycles. The Labute approximate surface area is 131 Å². The zero-order chi connectivity index (χ0) is 14.9. The van der Waals surface area contributed by atoms with Gasteiger partial charge in [-0.05, 0) is 37.8 Å². The van der Waals surface area contributed by atoms with Gasteiger partial charge in [0.05, 0.1) is 11.7 Å². The van der Waals surface area contributed by atoms with Crippen molar-refractivity contribution in [2.24, 2.45) is 0 Å². The average Bonchev–Trinajstić information content (AvgIpc) is 2.85. The lowest BCUT2D eigenvalue weighted by Gasteiger charge is -2.33. The van der Waals surface area contributed by atoms with Crippen LogP contribution in [0.15, 0.2) is 16.6 Å². The van der Waals surface area contributed by atoms with Crippen LogP contribution in [-0.2, 0) is 4.74 Å². The molecule has 1 heterocycles. The van der Waals surface area contributed by atoms with Crippen molar-refractivity contribution in [3.05, 3.63) is 28.2 Å². The number of rotatable bonds is 3. The summed E-state index contributed by atoms with van der Waals surface area (Å²) in [5.41, 5.74) is 0.0212. The lowest BCUT2D eigenvalue weighted by molar-refractivity contribution is -0.0751. The minimum atomic E-state index is -0.941. The Kier molecular flexibility index (Phi) is 4.50. The Morgan fingerprint density at radius 2 is 1.95 bits per heavy atom. The quantitative estimate of drug-likeness (QED) is 0.707. The second-order valence-electron chi connectivity index (χ2n) is 6.03. The molecule has 0 N–H and O–H groups in total. The maximum Gasteiger partial charge on any atom is 0.200 e. The summed E-state index contributed by atoms with van der Waals surface area (Å²) in [5, 5.41) is 0. The minimum Gasteiger partial charge on any atom is -0.488 e. The van der Waals surface area contributed by atoms with E-state index in [-0.39, 0.29) is 24.1 Å². The molecular weight excluding hydrogens is 342 g/mol. The highest BCUT2D eigenvalue weighted by atomic mass is 79.9. The van der Waals surface area contributed by atoms with Crippen LogP contribution < -0.4 is 4.74 Å². The highest BCUT2D eigenvalue weighted by Gasteiger charge is 2.41. The Balaban J connectivity index is 1.59. The predicted molar refractivity (Wildman–Crippen MR) is 79.5 cm³/mol. The smallest absolute Gasteiger partial charge is 0.200 e. The van der Waals surface area contributed by atoms with Crippen molar-refractivity contribution in [2.45, 2.75) is 56.7 Å². The number of hydrogen-bond acceptors (Lipinski definition) is 2. The van der Waals surface area contributed by atoms with Crippen LogP contribution in [0.3, 0.4) is 0 Å². The molecule has 1 aromatic carbocycles. The van der Waals surface area contributed by atoms with E-state index in [1.54, 1.807) is 0 Å². The predicted octanol–water partition coefficient (Wildman–Crippen LogP) is 4.99. The Morgan fingerprint density at radius 1 is 1.19 bits per heavy atom. The SMILES string of the molecule is Fc1cc(Br)cc(OCC2CCC3(CCCCC3)O2)c1F. The molecule has 116 valence electrons. The standard InChI is InChI=1S/C16H19BrF2O2/c17-11-8-13(18)15(19)14(9-11)20-10-12-4-7-16(21-12)5-2-1-3-6-16/h8-9,12H,1-7,10H2. The number of ether oxygens (including phenoxy) is 2. The molecule has 0 aromatic heterocycles. The van der Waals surface area contributed by atoms with Gasteiger partial charge in [-0.2, -0.15) is 4.39 Å². The molecule has 2 fully saturated rings. The van der Waals surface area contributed by atoms with Crippen molar-refractivity contribution in [2.75, 3.05) is 6.61 Å². The first-order valence-corrected chi connectivity index (χ1v) is 8.32. The van der Waals surface area contributed by atoms with Crippen molar-refractivity contribution < 1.29 is 18.3 Å². The van der Waals surface area contributed by atoms with Gasteiger partial charge in [-0.15, -0.1) is 0 Å². The summed E-state index contributed by atoms with van der Waals surface area (Å²) in [5.74, 6) is -1.91. The molecule has 1 unspecified atom stereocenters. The third-order valence-corrected chi connectivity index (χ3v) is 4.95. The van der Waals surface area contributed by atoms with Gasteiger partial charge in [-0.3, -0.25) is 0 Å². The molecule has 0 amide bonds. The van der Waals surface area contributed by atoms with Gasteiger partial charge >= 0.3 is 0 Å². The first-order valence-electron chi connectivity index (χ1n) is 7.53. The molecule has 0 bridgehead atoms. The van der Waals surface area contributed by atoms with Gasteiger partial charge in [0, 0.05) is 4.47 Å². The molecular formula is C16H19BrF2O2. The molecule has 1 aliphatic heterocycles. The van der Waals surface area contributed by atoms with Crippen molar-refractivity contribution >= 4 is 15.9 Å². The molecule has 1 atom stereocenters. The van der Waals surface area contributed by atoms with Gasteiger partial charge in [-0.1, -0.05) is 35.2 Å². The molecule has 2 aliphatic rings. The molecule has 2 nitrogen and oxygen atoms in total. The Hall–Kier alpha value is -0.680. The minimum absolute atomic E-state index is 0.0212. The van der Waals surface area contributed by atoms with Crippen molar-refractivity contribution in [3.63, 3.8) is 0 Å². The van der Waals surface area contributed by atoms with E-state index in [2.05, 4.69) is 15.9 Å². The fourth-order valence-corrected chi connectivity index (χ4v) is 3.81. The highest BCUT2D eigenvalue weighted by molar-refractivity contribution is 9.10. The van der Waals surface area contributed by atoms with Crippen LogP contribution in [0.1, 0.15) is 44.9 Å². The average molecular weight is 361 g/mol. The van der Waals surface area contributed by atoms with E-state index in [1.165, 1.54) is 25.3 Å². The zero-order valence-electron chi connectivity index (χ0n) is 11.8. The lowest BCUT2D eigenvalue weighted by atomic mass is 9.83. The number of halogens is 3. The van der Waals surface area contributed by atoms with E-state index >= 15 is 0 Å². The van der Waals surface area contributed by atoms with Gasteiger partial charge in [0.15, 0.2) is 11.6 Å². The van der Waals surface area contributed by atoms with E-state index in [1.807, 2.05) is 0 Å². The number of hydrogen-bond donors (Lipinski definition) is 0. The molecule has 3 rings (SSSR count). The second kappa shape index (κ2) is 6.21. The lowest BCUT2D eigenvalue weighted by Crippen LogP contribution is -2.33. The van der Waals surface area contributed by atoms with Gasteiger partial charge in [-0.25, -0.2) is 4.39 Å². The van der Waals surface area contributed by atoms with E-state index < -0.39 is 11.6 Å². The van der Waals surface area contributed by atoms with Crippen molar-refractivity contribution in [1.82, 2.24) is 0 Å². The van der Waals surface area contributed by atoms with Crippen LogP contribution in [0.25, 0.3) is 0 Å². The fraction of sp³-hybridized carbons (Fsp3) is 0.625. The third kappa shape index (κ3) is 3.39. The van der Waals surface area contributed by atoms with Gasteiger partial charge < -0.3 is 9.47 Å². The van der Waals surface area contributed by atoms with Crippen LogP contribution >= 0.6 is 15.9 Å². The van der Waals surface area contributed by atoms with Crippen LogP contribution in [0.2, 0.25) is 0 Å². The van der Waals surface area contributed by atoms with E-state index in [0.29, 0.717) is 4.47 Å². The van der Waals surface area contributed by atoms with Gasteiger partial charge in [0.2, 0.25) is 5.82 Å². The summed E-state index contributed by atoms with van der Waals surface area (Å²) < 4.78 is 39.0. The zero-order valence-corrected chi connectivity index (χ0v) is 13.4. The Bertz CT molecular complexity index is 515. The third-order valence-electron chi connectivity index (χ3n) is 4.49. The fourth-order valence-electron chi connectivity index (χ4n) is 3.40. The molecule has 1 aromatic rings. The first kappa shape index (κ1) is 15.2. The largest absolute Gasteiger partial charge is 0.488 e. The van der Waals surface area contributed by atoms with E-state index in [4.69, 9.17) is 9.47 Å². The van der Waals surface area contributed by atoms with E-state index in [0.717, 1.165) is 31.7 Å². The summed E-state index contributed by atoms with van der Waals surface area (Å²) in [7, 11) is 0. The molecule has 0 radical (unpaired) electrons. The molecule has 5 heteroatoms. The second-order valence-corrected chi connectivity index (χ2v) is 6.95. The summed E-state index contributed by atoms with van der Waals surface area (Å²) >= 11 is 3.14. The van der Waals surface area contributed by atoms with Crippen LogP contribution in [0, 0.1) is 11.6 Å². The molecule has 21 heavy (non-hydrogen) atoms. The number of benzene rings is 1. The normalized spacial score (nSPS) is 24.4. The molecule has 1 saturated heterocycles. The highest BCUT2D eigenvalue weighted by Crippen LogP contribution is 2.42. The summed E-state index contributed by atoms with van der Waals surface area (Å²) in [6.45, 7) is 0.272. The monoisotopic (exact) mass is 360 g/mol.